The summed E-state index contributed by atoms with van der Waals surface area (Å²) in [6.07, 6.45) is 2.91. The fourth-order valence-electron chi connectivity index (χ4n) is 3.03. The van der Waals surface area contributed by atoms with E-state index in [1.54, 1.807) is 11.8 Å². The molecule has 1 aromatic carbocycles. The first kappa shape index (κ1) is 16.3. The highest BCUT2D eigenvalue weighted by atomic mass is 32.2. The van der Waals surface area contributed by atoms with Crippen molar-refractivity contribution in [1.29, 1.82) is 0 Å². The minimum absolute atomic E-state index is 0.110. The van der Waals surface area contributed by atoms with Crippen molar-refractivity contribution in [3.8, 4) is 11.3 Å². The molecule has 4 rings (SSSR count). The second-order valence-electron chi connectivity index (χ2n) is 7.30. The summed E-state index contributed by atoms with van der Waals surface area (Å²) in [7, 11) is 0. The Bertz CT molecular complexity index is 850. The first-order valence-electron chi connectivity index (χ1n) is 8.67. The van der Waals surface area contributed by atoms with Gasteiger partial charge in [0.1, 0.15) is 5.84 Å². The van der Waals surface area contributed by atoms with Crippen LogP contribution in [0.5, 0.6) is 0 Å². The van der Waals surface area contributed by atoms with E-state index in [2.05, 4.69) is 48.9 Å². The Hall–Kier alpha value is -2.14. The van der Waals surface area contributed by atoms with Crippen LogP contribution in [0.1, 0.15) is 32.8 Å². The van der Waals surface area contributed by atoms with Crippen LogP contribution in [0, 0.1) is 0 Å². The Balaban J connectivity index is 1.82. The SMILES string of the molecule is CC(C)(C)N=C1Sc2cc(-c3ccccn3)ccc2C2=NCCCN12. The third-order valence-corrected chi connectivity index (χ3v) is 5.16. The molecule has 0 saturated heterocycles. The highest BCUT2D eigenvalue weighted by Gasteiger charge is 2.31. The van der Waals surface area contributed by atoms with Crippen LogP contribution in [0.25, 0.3) is 11.3 Å². The van der Waals surface area contributed by atoms with Gasteiger partial charge in [-0.2, -0.15) is 0 Å². The molecule has 0 N–H and O–H groups in total. The lowest BCUT2D eigenvalue weighted by Gasteiger charge is -2.36. The van der Waals surface area contributed by atoms with Crippen molar-refractivity contribution >= 4 is 22.8 Å². The molecule has 0 amide bonds. The van der Waals surface area contributed by atoms with Crippen molar-refractivity contribution in [2.24, 2.45) is 9.98 Å². The van der Waals surface area contributed by atoms with Crippen molar-refractivity contribution < 1.29 is 0 Å². The minimum Gasteiger partial charge on any atom is -0.305 e. The van der Waals surface area contributed by atoms with Gasteiger partial charge in [-0.25, -0.2) is 0 Å². The minimum atomic E-state index is -0.110. The number of fused-ring (bicyclic) bond motifs is 3. The molecule has 0 atom stereocenters. The predicted octanol–water partition coefficient (Wildman–Crippen LogP) is 4.46. The van der Waals surface area contributed by atoms with E-state index in [-0.39, 0.29) is 5.54 Å². The lowest BCUT2D eigenvalue weighted by atomic mass is 10.1. The van der Waals surface area contributed by atoms with Crippen LogP contribution >= 0.6 is 11.8 Å². The van der Waals surface area contributed by atoms with Gasteiger partial charge in [-0.1, -0.05) is 23.9 Å². The summed E-state index contributed by atoms with van der Waals surface area (Å²) >= 11 is 1.75. The Morgan fingerprint density at radius 1 is 1.16 bits per heavy atom. The molecule has 0 spiro atoms. The number of nitrogens with zero attached hydrogens (tertiary/aromatic N) is 4. The quantitative estimate of drug-likeness (QED) is 0.762. The molecule has 25 heavy (non-hydrogen) atoms. The summed E-state index contributed by atoms with van der Waals surface area (Å²) in [5, 5.41) is 1.05. The van der Waals surface area contributed by atoms with Gasteiger partial charge in [0.15, 0.2) is 5.17 Å². The highest BCUT2D eigenvalue weighted by Crippen LogP contribution is 2.37. The second kappa shape index (κ2) is 6.30. The smallest absolute Gasteiger partial charge is 0.170 e. The number of aromatic nitrogens is 1. The van der Waals surface area contributed by atoms with E-state index in [0.29, 0.717) is 0 Å². The Kier molecular flexibility index (Phi) is 4.12. The molecule has 3 heterocycles. The van der Waals surface area contributed by atoms with Gasteiger partial charge in [-0.15, -0.1) is 0 Å². The highest BCUT2D eigenvalue weighted by molar-refractivity contribution is 8.14. The van der Waals surface area contributed by atoms with E-state index in [4.69, 9.17) is 9.98 Å². The summed E-state index contributed by atoms with van der Waals surface area (Å²) in [5.41, 5.74) is 3.22. The van der Waals surface area contributed by atoms with E-state index in [1.807, 2.05) is 24.4 Å². The molecule has 0 fully saturated rings. The zero-order chi connectivity index (χ0) is 17.4. The number of benzene rings is 1. The van der Waals surface area contributed by atoms with Gasteiger partial charge in [-0.3, -0.25) is 15.0 Å². The average Bonchev–Trinajstić information content (AvgIpc) is 2.61. The van der Waals surface area contributed by atoms with Crippen molar-refractivity contribution in [2.45, 2.75) is 37.6 Å². The Morgan fingerprint density at radius 2 is 2.04 bits per heavy atom. The second-order valence-corrected chi connectivity index (χ2v) is 8.31. The summed E-state index contributed by atoms with van der Waals surface area (Å²) in [5.74, 6) is 1.07. The normalized spacial score (nSPS) is 18.6. The van der Waals surface area contributed by atoms with Gasteiger partial charge < -0.3 is 4.90 Å². The molecule has 0 unspecified atom stereocenters. The molecular weight excluding hydrogens is 328 g/mol. The molecule has 128 valence electrons. The summed E-state index contributed by atoms with van der Waals surface area (Å²) in [6, 6.07) is 12.5. The van der Waals surface area contributed by atoms with Crippen molar-refractivity contribution in [3.05, 3.63) is 48.2 Å². The maximum Gasteiger partial charge on any atom is 0.170 e. The third kappa shape index (κ3) is 3.33. The van der Waals surface area contributed by atoms with Crippen LogP contribution in [0.3, 0.4) is 0 Å². The van der Waals surface area contributed by atoms with Crippen LogP contribution in [0.4, 0.5) is 0 Å². The zero-order valence-electron chi connectivity index (χ0n) is 14.9. The molecule has 0 bridgehead atoms. The van der Waals surface area contributed by atoms with E-state index in [1.165, 1.54) is 10.5 Å². The monoisotopic (exact) mass is 350 g/mol. The van der Waals surface area contributed by atoms with E-state index < -0.39 is 0 Å². The fourth-order valence-corrected chi connectivity index (χ4v) is 4.29. The lowest BCUT2D eigenvalue weighted by molar-refractivity contribution is 0.527. The molecule has 1 aromatic heterocycles. The summed E-state index contributed by atoms with van der Waals surface area (Å²) in [4.78, 5) is 17.7. The maximum absolute atomic E-state index is 4.96. The first-order valence-corrected chi connectivity index (χ1v) is 9.48. The van der Waals surface area contributed by atoms with Gasteiger partial charge in [0.25, 0.3) is 0 Å². The van der Waals surface area contributed by atoms with Crippen LogP contribution in [-0.2, 0) is 0 Å². The van der Waals surface area contributed by atoms with Crippen LogP contribution in [0.2, 0.25) is 0 Å². The van der Waals surface area contributed by atoms with Gasteiger partial charge in [0, 0.05) is 35.3 Å². The standard InChI is InChI=1S/C20H22N4S/c1-20(2,3)23-19-24-12-6-11-22-18(24)15-9-8-14(13-17(15)25-19)16-7-4-5-10-21-16/h4-5,7-10,13H,6,11-12H2,1-3H3. The molecule has 2 aromatic rings. The van der Waals surface area contributed by atoms with Crippen molar-refractivity contribution in [3.63, 3.8) is 0 Å². The molecular formula is C20H22N4S. The number of hydrogen-bond donors (Lipinski definition) is 0. The van der Waals surface area contributed by atoms with Crippen LogP contribution in [-0.4, -0.2) is 39.5 Å². The predicted molar refractivity (Wildman–Crippen MR) is 105 cm³/mol. The molecule has 4 nitrogen and oxygen atoms in total. The zero-order valence-corrected chi connectivity index (χ0v) is 15.7. The fraction of sp³-hybridized carbons (Fsp3) is 0.350. The van der Waals surface area contributed by atoms with Gasteiger partial charge in [0.05, 0.1) is 11.2 Å². The summed E-state index contributed by atoms with van der Waals surface area (Å²) in [6.45, 7) is 8.30. The number of thioether (sulfide) groups is 1. The van der Waals surface area contributed by atoms with E-state index in [0.717, 1.165) is 41.8 Å². The summed E-state index contributed by atoms with van der Waals surface area (Å²) < 4.78 is 0. The molecule has 5 heteroatoms. The molecule has 2 aliphatic heterocycles. The van der Waals surface area contributed by atoms with E-state index >= 15 is 0 Å². The number of hydrogen-bond acceptors (Lipinski definition) is 4. The Morgan fingerprint density at radius 3 is 2.80 bits per heavy atom. The van der Waals surface area contributed by atoms with Crippen LogP contribution in [0.15, 0.2) is 57.5 Å². The topological polar surface area (TPSA) is 40.9 Å². The molecule has 0 radical (unpaired) electrons. The molecule has 0 saturated carbocycles. The largest absolute Gasteiger partial charge is 0.305 e. The van der Waals surface area contributed by atoms with Gasteiger partial charge >= 0.3 is 0 Å². The number of aliphatic imine (C=N–C) groups is 2. The van der Waals surface area contributed by atoms with Crippen LogP contribution < -0.4 is 0 Å². The molecule has 0 aliphatic carbocycles. The lowest BCUT2D eigenvalue weighted by Crippen LogP contribution is -2.43. The van der Waals surface area contributed by atoms with Crippen molar-refractivity contribution in [1.82, 2.24) is 9.88 Å². The average molecular weight is 350 g/mol. The van der Waals surface area contributed by atoms with E-state index in [9.17, 15) is 0 Å². The molecule has 2 aliphatic rings. The first-order chi connectivity index (χ1) is 12.0. The third-order valence-electron chi connectivity index (χ3n) is 4.10. The number of pyridine rings is 1. The van der Waals surface area contributed by atoms with Crippen molar-refractivity contribution in [2.75, 3.05) is 13.1 Å². The van der Waals surface area contributed by atoms with Gasteiger partial charge in [-0.05, 0) is 51.5 Å². The number of amidine groups is 2. The number of rotatable bonds is 1. The maximum atomic E-state index is 4.96. The van der Waals surface area contributed by atoms with Gasteiger partial charge in [0.2, 0.25) is 0 Å². The Labute approximate surface area is 153 Å².